The Bertz CT molecular complexity index is 493. The van der Waals surface area contributed by atoms with Crippen LogP contribution in [0, 0.1) is 10.1 Å². The number of methoxy groups -OCH3 is 1. The number of hydrogen-bond donors (Lipinski definition) is 2. The highest BCUT2D eigenvalue weighted by atomic mass is 16.6. The third-order valence-electron chi connectivity index (χ3n) is 2.69. The number of nitro benzene ring substituents is 1. The zero-order chi connectivity index (χ0) is 15.7. The van der Waals surface area contributed by atoms with Crippen LogP contribution in [-0.4, -0.2) is 51.4 Å². The Morgan fingerprint density at radius 1 is 1.33 bits per heavy atom. The summed E-state index contributed by atoms with van der Waals surface area (Å²) in [5, 5.41) is 16.2. The average molecular weight is 297 g/mol. The minimum Gasteiger partial charge on any atom is -0.383 e. The molecule has 21 heavy (non-hydrogen) atoms. The van der Waals surface area contributed by atoms with Gasteiger partial charge >= 0.3 is 0 Å². The molecule has 0 aliphatic carbocycles. The van der Waals surface area contributed by atoms with Crippen LogP contribution in [0.5, 0.6) is 0 Å². The van der Waals surface area contributed by atoms with E-state index in [1.807, 2.05) is 0 Å². The molecule has 0 aliphatic heterocycles. The van der Waals surface area contributed by atoms with Crippen LogP contribution in [0.25, 0.3) is 0 Å². The molecule has 1 rings (SSSR count). The predicted octanol–water partition coefficient (Wildman–Crippen LogP) is 1.03. The molecular weight excluding hydrogens is 278 g/mol. The largest absolute Gasteiger partial charge is 0.383 e. The Balaban J connectivity index is 2.53. The maximum atomic E-state index is 11.9. The number of benzene rings is 1. The van der Waals surface area contributed by atoms with E-state index in [0.29, 0.717) is 37.6 Å². The second-order valence-corrected chi connectivity index (χ2v) is 4.10. The highest BCUT2D eigenvalue weighted by Gasteiger charge is 2.15. The van der Waals surface area contributed by atoms with Crippen molar-refractivity contribution in [3.05, 3.63) is 33.9 Å². The van der Waals surface area contributed by atoms with Crippen LogP contribution < -0.4 is 10.6 Å². The normalized spacial score (nSPS) is 10.2. The van der Waals surface area contributed by atoms with Gasteiger partial charge in [-0.1, -0.05) is 0 Å². The van der Waals surface area contributed by atoms with Crippen molar-refractivity contribution in [1.29, 1.82) is 0 Å². The highest BCUT2D eigenvalue weighted by Crippen LogP contribution is 2.24. The van der Waals surface area contributed by atoms with E-state index in [-0.39, 0.29) is 11.6 Å². The molecule has 0 bridgehead atoms. The lowest BCUT2D eigenvalue weighted by atomic mass is 10.1. The molecule has 0 heterocycles. The monoisotopic (exact) mass is 297 g/mol. The molecule has 1 amide bonds. The first kappa shape index (κ1) is 16.9. The summed E-state index contributed by atoms with van der Waals surface area (Å²) in [5.41, 5.74) is 0.572. The van der Waals surface area contributed by atoms with E-state index < -0.39 is 4.92 Å². The summed E-state index contributed by atoms with van der Waals surface area (Å²) in [6, 6.07) is 4.16. The number of amides is 1. The molecule has 116 valence electrons. The number of ether oxygens (including phenoxy) is 2. The Kier molecular flexibility index (Phi) is 7.13. The molecule has 0 spiro atoms. The molecule has 0 radical (unpaired) electrons. The van der Waals surface area contributed by atoms with E-state index in [2.05, 4.69) is 10.6 Å². The van der Waals surface area contributed by atoms with E-state index in [1.165, 1.54) is 18.2 Å². The average Bonchev–Trinajstić information content (AvgIpc) is 2.49. The Hall–Kier alpha value is -2.19. The van der Waals surface area contributed by atoms with E-state index in [4.69, 9.17) is 9.47 Å². The van der Waals surface area contributed by atoms with Crippen LogP contribution in [0.1, 0.15) is 10.4 Å². The fourth-order valence-corrected chi connectivity index (χ4v) is 1.62. The third-order valence-corrected chi connectivity index (χ3v) is 2.69. The summed E-state index contributed by atoms with van der Waals surface area (Å²) in [4.78, 5) is 22.2. The third kappa shape index (κ3) is 5.36. The summed E-state index contributed by atoms with van der Waals surface area (Å²) in [5.74, 6) is -0.309. The van der Waals surface area contributed by atoms with Gasteiger partial charge in [0.25, 0.3) is 11.6 Å². The molecular formula is C13H19N3O5. The highest BCUT2D eigenvalue weighted by molar-refractivity contribution is 5.95. The van der Waals surface area contributed by atoms with Crippen LogP contribution in [0.15, 0.2) is 18.2 Å². The number of rotatable bonds is 9. The fraction of sp³-hybridized carbons (Fsp3) is 0.462. The van der Waals surface area contributed by atoms with Crippen LogP contribution in [0.3, 0.4) is 0 Å². The summed E-state index contributed by atoms with van der Waals surface area (Å²) in [6.07, 6.45) is 0. The van der Waals surface area contributed by atoms with Gasteiger partial charge in [0.15, 0.2) is 0 Å². The minimum atomic E-state index is -0.503. The summed E-state index contributed by atoms with van der Waals surface area (Å²) in [6.45, 7) is 1.70. The van der Waals surface area contributed by atoms with Gasteiger partial charge in [0.2, 0.25) is 0 Å². The first-order valence-corrected chi connectivity index (χ1v) is 6.41. The van der Waals surface area contributed by atoms with Gasteiger partial charge in [0.05, 0.1) is 24.7 Å². The van der Waals surface area contributed by atoms with Gasteiger partial charge < -0.3 is 20.1 Å². The van der Waals surface area contributed by atoms with Gasteiger partial charge in [-0.2, -0.15) is 0 Å². The van der Waals surface area contributed by atoms with Gasteiger partial charge in [-0.05, 0) is 12.1 Å². The van der Waals surface area contributed by atoms with Crippen molar-refractivity contribution >= 4 is 17.3 Å². The molecule has 8 nitrogen and oxygen atoms in total. The van der Waals surface area contributed by atoms with Crippen LogP contribution in [-0.2, 0) is 9.47 Å². The van der Waals surface area contributed by atoms with Crippen molar-refractivity contribution in [1.82, 2.24) is 5.32 Å². The van der Waals surface area contributed by atoms with Crippen LogP contribution >= 0.6 is 0 Å². The fourth-order valence-electron chi connectivity index (χ4n) is 1.62. The van der Waals surface area contributed by atoms with Gasteiger partial charge in [-0.15, -0.1) is 0 Å². The first-order chi connectivity index (χ1) is 10.1. The predicted molar refractivity (Wildman–Crippen MR) is 77.7 cm³/mol. The topological polar surface area (TPSA) is 103 Å². The zero-order valence-corrected chi connectivity index (χ0v) is 12.0. The van der Waals surface area contributed by atoms with Crippen molar-refractivity contribution < 1.29 is 19.2 Å². The van der Waals surface area contributed by atoms with Crippen molar-refractivity contribution in [3.63, 3.8) is 0 Å². The summed E-state index contributed by atoms with van der Waals surface area (Å²) >= 11 is 0. The minimum absolute atomic E-state index is 0.0723. The Labute approximate surface area is 122 Å². The zero-order valence-electron chi connectivity index (χ0n) is 12.0. The van der Waals surface area contributed by atoms with Crippen molar-refractivity contribution in [2.75, 3.05) is 45.8 Å². The molecule has 0 fully saturated rings. The van der Waals surface area contributed by atoms with Crippen LogP contribution in [0.2, 0.25) is 0 Å². The summed E-state index contributed by atoms with van der Waals surface area (Å²) < 4.78 is 10.0. The standard InChI is InChI=1S/C13H19N3O5/c1-14-11-9-10(3-4-12(11)16(18)19)13(17)15-5-6-21-8-7-20-2/h3-4,9,14H,5-8H2,1-2H3,(H,15,17). The second-order valence-electron chi connectivity index (χ2n) is 4.10. The molecule has 0 aliphatic rings. The number of anilines is 1. The van der Waals surface area contributed by atoms with Crippen LogP contribution in [0.4, 0.5) is 11.4 Å². The molecule has 0 unspecified atom stereocenters. The maximum Gasteiger partial charge on any atom is 0.292 e. The number of hydrogen-bond acceptors (Lipinski definition) is 6. The van der Waals surface area contributed by atoms with E-state index in [0.717, 1.165) is 0 Å². The Morgan fingerprint density at radius 3 is 2.71 bits per heavy atom. The van der Waals surface area contributed by atoms with Gasteiger partial charge in [0.1, 0.15) is 5.69 Å². The van der Waals surface area contributed by atoms with E-state index in [9.17, 15) is 14.9 Å². The molecule has 2 N–H and O–H groups in total. The van der Waals surface area contributed by atoms with Gasteiger partial charge in [0, 0.05) is 32.3 Å². The van der Waals surface area contributed by atoms with Crippen molar-refractivity contribution in [3.8, 4) is 0 Å². The number of carbonyl (C=O) groups is 1. The summed E-state index contributed by atoms with van der Waals surface area (Å²) in [7, 11) is 3.15. The lowest BCUT2D eigenvalue weighted by Crippen LogP contribution is -2.27. The molecule has 1 aromatic rings. The quantitative estimate of drug-likeness (QED) is 0.401. The van der Waals surface area contributed by atoms with Gasteiger partial charge in [-0.3, -0.25) is 14.9 Å². The number of nitrogens with one attached hydrogen (secondary N) is 2. The molecule has 0 saturated heterocycles. The lowest BCUT2D eigenvalue weighted by Gasteiger charge is -2.08. The smallest absolute Gasteiger partial charge is 0.292 e. The van der Waals surface area contributed by atoms with E-state index in [1.54, 1.807) is 14.2 Å². The second kappa shape index (κ2) is 8.88. The molecule has 8 heteroatoms. The first-order valence-electron chi connectivity index (χ1n) is 6.41. The lowest BCUT2D eigenvalue weighted by molar-refractivity contribution is -0.383. The number of nitrogens with zero attached hydrogens (tertiary/aromatic N) is 1. The number of nitro groups is 1. The molecule has 0 atom stereocenters. The number of carbonyl (C=O) groups excluding carboxylic acids is 1. The van der Waals surface area contributed by atoms with Crippen molar-refractivity contribution in [2.24, 2.45) is 0 Å². The molecule has 1 aromatic carbocycles. The molecule has 0 saturated carbocycles. The SMILES string of the molecule is CNc1cc(C(=O)NCCOCCOC)ccc1[N+](=O)[O-]. The van der Waals surface area contributed by atoms with Crippen molar-refractivity contribution in [2.45, 2.75) is 0 Å². The van der Waals surface area contributed by atoms with E-state index >= 15 is 0 Å². The van der Waals surface area contributed by atoms with Gasteiger partial charge in [-0.25, -0.2) is 0 Å². The Morgan fingerprint density at radius 2 is 2.10 bits per heavy atom. The maximum absolute atomic E-state index is 11.9. The molecule has 0 aromatic heterocycles.